The van der Waals surface area contributed by atoms with Gasteiger partial charge in [0.25, 0.3) is 0 Å². The third-order valence-corrected chi connectivity index (χ3v) is 5.16. The van der Waals surface area contributed by atoms with Gasteiger partial charge in [-0.1, -0.05) is 30.7 Å². The molecule has 1 aliphatic rings. The van der Waals surface area contributed by atoms with Gasteiger partial charge in [0.05, 0.1) is 0 Å². The lowest BCUT2D eigenvalue weighted by molar-refractivity contribution is 0.264. The lowest BCUT2D eigenvalue weighted by Crippen LogP contribution is -2.26. The number of hydrogen-bond donors (Lipinski definition) is 1. The summed E-state index contributed by atoms with van der Waals surface area (Å²) in [6.07, 6.45) is 3.92. The van der Waals surface area contributed by atoms with Gasteiger partial charge in [-0.05, 0) is 49.4 Å². The van der Waals surface area contributed by atoms with Gasteiger partial charge < -0.3 is 10.3 Å². The van der Waals surface area contributed by atoms with E-state index in [2.05, 4.69) is 54.0 Å². The maximum absolute atomic E-state index is 6.47. The third kappa shape index (κ3) is 2.22. The van der Waals surface area contributed by atoms with Crippen LogP contribution in [0.5, 0.6) is 0 Å². The van der Waals surface area contributed by atoms with Crippen LogP contribution in [-0.2, 0) is 6.54 Å². The number of para-hydroxylation sites is 1. The standard InChI is InChI=1S/C19H22N2.ClH/c1-2-21-17-9-4-3-8-15(17)16-12-14(10-11-18(16)21)19(20)13-6-5-7-13;/h3-4,8-13,19H,2,5-7,20H2,1H3;1H/t19-;/m1./s1. The monoisotopic (exact) mass is 314 g/mol. The van der Waals surface area contributed by atoms with E-state index in [0.717, 1.165) is 6.54 Å². The van der Waals surface area contributed by atoms with Crippen molar-refractivity contribution < 1.29 is 0 Å². The highest BCUT2D eigenvalue weighted by atomic mass is 35.5. The van der Waals surface area contributed by atoms with Crippen LogP contribution in [0.15, 0.2) is 42.5 Å². The topological polar surface area (TPSA) is 30.9 Å². The van der Waals surface area contributed by atoms with Crippen LogP contribution in [0.4, 0.5) is 0 Å². The lowest BCUT2D eigenvalue weighted by Gasteiger charge is -2.31. The molecule has 116 valence electrons. The Bertz CT molecular complexity index is 802. The molecule has 0 amide bonds. The van der Waals surface area contributed by atoms with Crippen molar-refractivity contribution in [3.8, 4) is 0 Å². The summed E-state index contributed by atoms with van der Waals surface area (Å²) in [6.45, 7) is 3.21. The fourth-order valence-electron chi connectivity index (χ4n) is 3.69. The van der Waals surface area contributed by atoms with Gasteiger partial charge in [0.15, 0.2) is 0 Å². The molecule has 4 rings (SSSR count). The first kappa shape index (κ1) is 15.4. The van der Waals surface area contributed by atoms with Crippen molar-refractivity contribution in [2.75, 3.05) is 0 Å². The Kier molecular flexibility index (Phi) is 4.16. The molecule has 0 aliphatic heterocycles. The van der Waals surface area contributed by atoms with E-state index in [9.17, 15) is 0 Å². The molecule has 0 radical (unpaired) electrons. The van der Waals surface area contributed by atoms with Gasteiger partial charge in [-0.25, -0.2) is 0 Å². The molecule has 1 aliphatic carbocycles. The Morgan fingerprint density at radius 2 is 1.82 bits per heavy atom. The van der Waals surface area contributed by atoms with Crippen molar-refractivity contribution in [2.24, 2.45) is 11.7 Å². The van der Waals surface area contributed by atoms with Crippen molar-refractivity contribution in [1.82, 2.24) is 4.57 Å². The van der Waals surface area contributed by atoms with Crippen LogP contribution in [-0.4, -0.2) is 4.57 Å². The summed E-state index contributed by atoms with van der Waals surface area (Å²) in [5.74, 6) is 0.682. The molecule has 1 atom stereocenters. The first-order valence-electron chi connectivity index (χ1n) is 8.06. The zero-order valence-corrected chi connectivity index (χ0v) is 13.8. The number of fused-ring (bicyclic) bond motifs is 3. The highest BCUT2D eigenvalue weighted by Crippen LogP contribution is 2.38. The number of hydrogen-bond acceptors (Lipinski definition) is 1. The van der Waals surface area contributed by atoms with E-state index in [1.807, 2.05) is 0 Å². The molecule has 2 aromatic carbocycles. The van der Waals surface area contributed by atoms with Gasteiger partial charge >= 0.3 is 0 Å². The summed E-state index contributed by atoms with van der Waals surface area (Å²) in [5, 5.41) is 2.69. The minimum absolute atomic E-state index is 0. The summed E-state index contributed by atoms with van der Waals surface area (Å²) in [4.78, 5) is 0. The summed E-state index contributed by atoms with van der Waals surface area (Å²) < 4.78 is 2.39. The number of aryl methyl sites for hydroxylation is 1. The van der Waals surface area contributed by atoms with Crippen molar-refractivity contribution in [3.05, 3.63) is 48.0 Å². The number of aromatic nitrogens is 1. The van der Waals surface area contributed by atoms with Gasteiger partial charge in [-0.15, -0.1) is 12.4 Å². The SMILES string of the molecule is CCn1c2ccccc2c2cc([C@H](N)C3CCC3)ccc21.Cl. The molecular formula is C19H23ClN2. The highest BCUT2D eigenvalue weighted by Gasteiger charge is 2.25. The van der Waals surface area contributed by atoms with Gasteiger partial charge in [0, 0.05) is 34.4 Å². The zero-order valence-electron chi connectivity index (χ0n) is 13.0. The van der Waals surface area contributed by atoms with Crippen LogP contribution >= 0.6 is 12.4 Å². The number of nitrogens with zero attached hydrogens (tertiary/aromatic N) is 1. The molecule has 2 nitrogen and oxygen atoms in total. The second-order valence-electron chi connectivity index (χ2n) is 6.25. The smallest absolute Gasteiger partial charge is 0.0491 e. The minimum atomic E-state index is 0. The van der Waals surface area contributed by atoms with Crippen LogP contribution in [0.1, 0.15) is 37.8 Å². The summed E-state index contributed by atoms with van der Waals surface area (Å²) in [7, 11) is 0. The van der Waals surface area contributed by atoms with Crippen LogP contribution in [0.3, 0.4) is 0 Å². The second-order valence-corrected chi connectivity index (χ2v) is 6.25. The van der Waals surface area contributed by atoms with E-state index < -0.39 is 0 Å². The van der Waals surface area contributed by atoms with Crippen LogP contribution in [0.2, 0.25) is 0 Å². The zero-order chi connectivity index (χ0) is 14.4. The van der Waals surface area contributed by atoms with E-state index in [0.29, 0.717) is 5.92 Å². The van der Waals surface area contributed by atoms with Crippen LogP contribution in [0, 0.1) is 5.92 Å². The van der Waals surface area contributed by atoms with Crippen LogP contribution < -0.4 is 5.73 Å². The molecular weight excluding hydrogens is 292 g/mol. The Morgan fingerprint density at radius 1 is 1.09 bits per heavy atom. The molecule has 0 spiro atoms. The highest BCUT2D eigenvalue weighted by molar-refractivity contribution is 6.08. The third-order valence-electron chi connectivity index (χ3n) is 5.16. The Balaban J connectivity index is 0.00000144. The summed E-state index contributed by atoms with van der Waals surface area (Å²) in [5.41, 5.74) is 10.4. The average molecular weight is 315 g/mol. The number of nitrogens with two attached hydrogens (primary N) is 1. The number of benzene rings is 2. The summed E-state index contributed by atoms with van der Waals surface area (Å²) in [6, 6.07) is 15.7. The van der Waals surface area contributed by atoms with E-state index in [4.69, 9.17) is 5.73 Å². The van der Waals surface area contributed by atoms with E-state index in [1.165, 1.54) is 46.6 Å². The fourth-order valence-corrected chi connectivity index (χ4v) is 3.69. The van der Waals surface area contributed by atoms with Gasteiger partial charge in [-0.3, -0.25) is 0 Å². The minimum Gasteiger partial charge on any atom is -0.341 e. The molecule has 2 N–H and O–H groups in total. The average Bonchev–Trinajstić information content (AvgIpc) is 2.78. The van der Waals surface area contributed by atoms with E-state index in [1.54, 1.807) is 0 Å². The fraction of sp³-hybridized carbons (Fsp3) is 0.368. The molecule has 0 bridgehead atoms. The summed E-state index contributed by atoms with van der Waals surface area (Å²) >= 11 is 0. The molecule has 3 aromatic rings. The quantitative estimate of drug-likeness (QED) is 0.721. The molecule has 0 saturated heterocycles. The normalized spacial score (nSPS) is 16.5. The molecule has 1 aromatic heterocycles. The number of halogens is 1. The van der Waals surface area contributed by atoms with E-state index >= 15 is 0 Å². The first-order valence-corrected chi connectivity index (χ1v) is 8.06. The Hall–Kier alpha value is -1.51. The first-order chi connectivity index (χ1) is 10.3. The van der Waals surface area contributed by atoms with Crippen molar-refractivity contribution in [1.29, 1.82) is 0 Å². The molecule has 1 heterocycles. The van der Waals surface area contributed by atoms with Gasteiger partial charge in [0.1, 0.15) is 0 Å². The Morgan fingerprint density at radius 3 is 2.50 bits per heavy atom. The maximum atomic E-state index is 6.47. The van der Waals surface area contributed by atoms with E-state index in [-0.39, 0.29) is 18.4 Å². The van der Waals surface area contributed by atoms with Crippen molar-refractivity contribution in [3.63, 3.8) is 0 Å². The predicted octanol–water partition coefficient (Wildman–Crippen LogP) is 5.04. The largest absolute Gasteiger partial charge is 0.341 e. The van der Waals surface area contributed by atoms with Crippen LogP contribution in [0.25, 0.3) is 21.8 Å². The van der Waals surface area contributed by atoms with Gasteiger partial charge in [-0.2, -0.15) is 0 Å². The number of rotatable bonds is 3. The predicted molar refractivity (Wildman–Crippen MR) is 96.6 cm³/mol. The van der Waals surface area contributed by atoms with Gasteiger partial charge in [0.2, 0.25) is 0 Å². The molecule has 0 unspecified atom stereocenters. The van der Waals surface area contributed by atoms with Crippen molar-refractivity contribution >= 4 is 34.2 Å². The van der Waals surface area contributed by atoms with Crippen molar-refractivity contribution in [2.45, 2.75) is 38.8 Å². The molecule has 3 heteroatoms. The Labute approximate surface area is 137 Å². The molecule has 1 fully saturated rings. The lowest BCUT2D eigenvalue weighted by atomic mass is 9.77. The molecule has 22 heavy (non-hydrogen) atoms. The molecule has 1 saturated carbocycles. The second kappa shape index (κ2) is 5.94. The maximum Gasteiger partial charge on any atom is 0.0491 e.